The third kappa shape index (κ3) is 3.97. The first kappa shape index (κ1) is 15.8. The van der Waals surface area contributed by atoms with Crippen molar-refractivity contribution >= 4 is 29.3 Å². The zero-order valence-electron chi connectivity index (χ0n) is 12.4. The fourth-order valence-electron chi connectivity index (χ4n) is 1.95. The van der Waals surface area contributed by atoms with Gasteiger partial charge in [-0.2, -0.15) is 5.26 Å². The zero-order chi connectivity index (χ0) is 16.1. The summed E-state index contributed by atoms with van der Waals surface area (Å²) in [6.45, 7) is 3.91. The molecule has 2 aromatic carbocycles. The van der Waals surface area contributed by atoms with Crippen LogP contribution in [0.5, 0.6) is 0 Å². The lowest BCUT2D eigenvalue weighted by Gasteiger charge is -2.06. The van der Waals surface area contributed by atoms with E-state index in [2.05, 4.69) is 5.32 Å². The molecule has 0 unspecified atom stereocenters. The maximum Gasteiger partial charge on any atom is 0.266 e. The lowest BCUT2D eigenvalue weighted by Crippen LogP contribution is -2.13. The maximum atomic E-state index is 12.2. The van der Waals surface area contributed by atoms with E-state index in [-0.39, 0.29) is 5.57 Å². The van der Waals surface area contributed by atoms with Gasteiger partial charge in [-0.25, -0.2) is 0 Å². The highest BCUT2D eigenvalue weighted by molar-refractivity contribution is 6.30. The Bertz CT molecular complexity index is 771. The van der Waals surface area contributed by atoms with Crippen LogP contribution in [-0.4, -0.2) is 5.91 Å². The van der Waals surface area contributed by atoms with Gasteiger partial charge >= 0.3 is 0 Å². The maximum absolute atomic E-state index is 12.2. The van der Waals surface area contributed by atoms with Gasteiger partial charge in [-0.1, -0.05) is 35.4 Å². The van der Waals surface area contributed by atoms with Gasteiger partial charge in [0.15, 0.2) is 0 Å². The van der Waals surface area contributed by atoms with Crippen LogP contribution in [0.4, 0.5) is 5.69 Å². The number of carbonyl (C=O) groups is 1. The van der Waals surface area contributed by atoms with E-state index in [0.29, 0.717) is 10.7 Å². The molecule has 2 rings (SSSR count). The minimum Gasteiger partial charge on any atom is -0.321 e. The number of nitrogens with zero attached hydrogens (tertiary/aromatic N) is 1. The van der Waals surface area contributed by atoms with Gasteiger partial charge in [0.05, 0.1) is 0 Å². The molecule has 0 radical (unpaired) electrons. The van der Waals surface area contributed by atoms with E-state index in [9.17, 15) is 10.1 Å². The van der Waals surface area contributed by atoms with Crippen molar-refractivity contribution in [1.82, 2.24) is 0 Å². The standard InChI is InChI=1S/C18H15ClN2O/c1-12-3-4-13(2)14(9-12)10-15(11-20)18(22)21-17-7-5-16(19)6-8-17/h3-10H,1-2H3,(H,21,22)/b15-10+. The van der Waals surface area contributed by atoms with Crippen LogP contribution in [0.1, 0.15) is 16.7 Å². The summed E-state index contributed by atoms with van der Waals surface area (Å²) in [5.74, 6) is -0.439. The Morgan fingerprint density at radius 1 is 1.18 bits per heavy atom. The van der Waals surface area contributed by atoms with Crippen LogP contribution in [0.3, 0.4) is 0 Å². The van der Waals surface area contributed by atoms with E-state index in [1.54, 1.807) is 30.3 Å². The summed E-state index contributed by atoms with van der Waals surface area (Å²) in [7, 11) is 0. The Labute approximate surface area is 134 Å². The average molecular weight is 311 g/mol. The third-order valence-electron chi connectivity index (χ3n) is 3.20. The number of carbonyl (C=O) groups excluding carboxylic acids is 1. The number of hydrogen-bond donors (Lipinski definition) is 1. The van der Waals surface area contributed by atoms with Crippen molar-refractivity contribution < 1.29 is 4.79 Å². The van der Waals surface area contributed by atoms with Crippen molar-refractivity contribution in [3.05, 3.63) is 69.8 Å². The van der Waals surface area contributed by atoms with Crippen molar-refractivity contribution in [2.24, 2.45) is 0 Å². The summed E-state index contributed by atoms with van der Waals surface area (Å²) in [5, 5.41) is 12.5. The van der Waals surface area contributed by atoms with Crippen LogP contribution in [-0.2, 0) is 4.79 Å². The fourth-order valence-corrected chi connectivity index (χ4v) is 2.08. The van der Waals surface area contributed by atoms with E-state index >= 15 is 0 Å². The van der Waals surface area contributed by atoms with Gasteiger partial charge in [0, 0.05) is 10.7 Å². The molecule has 0 bridgehead atoms. The van der Waals surface area contributed by atoms with Gasteiger partial charge in [0.2, 0.25) is 0 Å². The second-order valence-electron chi connectivity index (χ2n) is 4.99. The van der Waals surface area contributed by atoms with Gasteiger partial charge in [-0.05, 0) is 55.3 Å². The molecule has 0 spiro atoms. The van der Waals surface area contributed by atoms with E-state index < -0.39 is 5.91 Å². The summed E-state index contributed by atoms with van der Waals surface area (Å²) in [4.78, 5) is 12.2. The molecule has 0 fully saturated rings. The molecule has 1 N–H and O–H groups in total. The number of amides is 1. The molecule has 0 saturated carbocycles. The highest BCUT2D eigenvalue weighted by Crippen LogP contribution is 2.17. The van der Waals surface area contributed by atoms with E-state index in [1.165, 1.54) is 0 Å². The van der Waals surface area contributed by atoms with Gasteiger partial charge in [0.25, 0.3) is 5.91 Å². The predicted octanol–water partition coefficient (Wildman–Crippen LogP) is 4.50. The number of hydrogen-bond acceptors (Lipinski definition) is 2. The molecule has 4 heteroatoms. The van der Waals surface area contributed by atoms with Crippen molar-refractivity contribution in [3.63, 3.8) is 0 Å². The van der Waals surface area contributed by atoms with E-state index in [1.807, 2.05) is 38.1 Å². The molecule has 0 aliphatic carbocycles. The number of aryl methyl sites for hydroxylation is 2. The SMILES string of the molecule is Cc1ccc(C)c(/C=C(\C#N)C(=O)Nc2ccc(Cl)cc2)c1. The Balaban J connectivity index is 2.25. The van der Waals surface area contributed by atoms with Crippen LogP contribution in [0.15, 0.2) is 48.0 Å². The second-order valence-corrected chi connectivity index (χ2v) is 5.43. The largest absolute Gasteiger partial charge is 0.321 e. The molecule has 3 nitrogen and oxygen atoms in total. The molecule has 0 atom stereocenters. The van der Waals surface area contributed by atoms with Crippen molar-refractivity contribution in [2.75, 3.05) is 5.32 Å². The van der Waals surface area contributed by atoms with Crippen molar-refractivity contribution in [2.45, 2.75) is 13.8 Å². The van der Waals surface area contributed by atoms with Crippen LogP contribution in [0.2, 0.25) is 5.02 Å². The topological polar surface area (TPSA) is 52.9 Å². The van der Waals surface area contributed by atoms with Crippen LogP contribution >= 0.6 is 11.6 Å². The average Bonchev–Trinajstić information content (AvgIpc) is 2.50. The Hall–Kier alpha value is -2.57. The molecule has 1 amide bonds. The van der Waals surface area contributed by atoms with E-state index in [4.69, 9.17) is 11.6 Å². The molecule has 2 aromatic rings. The summed E-state index contributed by atoms with van der Waals surface area (Å²) >= 11 is 5.80. The Morgan fingerprint density at radius 2 is 1.86 bits per heavy atom. The summed E-state index contributed by atoms with van der Waals surface area (Å²) in [6, 6.07) is 14.6. The monoisotopic (exact) mass is 310 g/mol. The third-order valence-corrected chi connectivity index (χ3v) is 3.45. The Morgan fingerprint density at radius 3 is 2.50 bits per heavy atom. The molecule has 0 aromatic heterocycles. The molecule has 0 heterocycles. The number of nitrogens with one attached hydrogen (secondary N) is 1. The smallest absolute Gasteiger partial charge is 0.266 e. The van der Waals surface area contributed by atoms with Crippen LogP contribution in [0.25, 0.3) is 6.08 Å². The molecule has 0 aliphatic rings. The van der Waals surface area contributed by atoms with Gasteiger partial charge in [-0.3, -0.25) is 4.79 Å². The van der Waals surface area contributed by atoms with Crippen LogP contribution in [0, 0.1) is 25.2 Å². The number of halogens is 1. The zero-order valence-corrected chi connectivity index (χ0v) is 13.1. The molecule has 22 heavy (non-hydrogen) atoms. The molecular weight excluding hydrogens is 296 g/mol. The lowest BCUT2D eigenvalue weighted by molar-refractivity contribution is -0.112. The van der Waals surface area contributed by atoms with Gasteiger partial charge in [0.1, 0.15) is 11.6 Å². The van der Waals surface area contributed by atoms with E-state index in [0.717, 1.165) is 16.7 Å². The molecule has 110 valence electrons. The number of anilines is 1. The van der Waals surface area contributed by atoms with Crippen molar-refractivity contribution in [1.29, 1.82) is 5.26 Å². The Kier molecular flexibility index (Phi) is 4.98. The van der Waals surface area contributed by atoms with Gasteiger partial charge < -0.3 is 5.32 Å². The quantitative estimate of drug-likeness (QED) is 0.670. The molecular formula is C18H15ClN2O. The highest BCUT2D eigenvalue weighted by atomic mass is 35.5. The second kappa shape index (κ2) is 6.93. The minimum atomic E-state index is -0.439. The highest BCUT2D eigenvalue weighted by Gasteiger charge is 2.10. The number of benzene rings is 2. The summed E-state index contributed by atoms with van der Waals surface area (Å²) in [5.41, 5.74) is 3.60. The minimum absolute atomic E-state index is 0.0589. The first-order chi connectivity index (χ1) is 10.5. The first-order valence-electron chi connectivity index (χ1n) is 6.75. The first-order valence-corrected chi connectivity index (χ1v) is 7.13. The summed E-state index contributed by atoms with van der Waals surface area (Å²) in [6.07, 6.45) is 1.60. The lowest BCUT2D eigenvalue weighted by atomic mass is 10.0. The number of rotatable bonds is 3. The molecule has 0 saturated heterocycles. The fraction of sp³-hybridized carbons (Fsp3) is 0.111. The predicted molar refractivity (Wildman–Crippen MR) is 89.6 cm³/mol. The normalized spacial score (nSPS) is 10.9. The van der Waals surface area contributed by atoms with Gasteiger partial charge in [-0.15, -0.1) is 0 Å². The molecule has 0 aliphatic heterocycles. The number of nitriles is 1. The van der Waals surface area contributed by atoms with Crippen LogP contribution < -0.4 is 5.32 Å². The summed E-state index contributed by atoms with van der Waals surface area (Å²) < 4.78 is 0. The van der Waals surface area contributed by atoms with Crippen molar-refractivity contribution in [3.8, 4) is 6.07 Å².